The maximum absolute atomic E-state index is 6.02. The Hall–Kier alpha value is -1.81. The van der Waals surface area contributed by atoms with Crippen molar-refractivity contribution in [2.45, 2.75) is 19.7 Å². The summed E-state index contributed by atoms with van der Waals surface area (Å²) < 4.78 is 7.06. The fourth-order valence-electron chi connectivity index (χ4n) is 2.51. The third-order valence-corrected chi connectivity index (χ3v) is 4.56. The standard InChI is InChI=1S/C21H19BrClNO/c22-19-8-11-21(25-15-17-6-9-20(23)10-7-17)18(12-19)14-24-13-16-4-2-1-3-5-16/h1-12,24H,13-15H2. The van der Waals surface area contributed by atoms with Gasteiger partial charge in [-0.05, 0) is 41.5 Å². The third-order valence-electron chi connectivity index (χ3n) is 3.82. The number of benzene rings is 3. The first-order chi connectivity index (χ1) is 12.2. The van der Waals surface area contributed by atoms with Crippen LogP contribution < -0.4 is 10.1 Å². The lowest BCUT2D eigenvalue weighted by molar-refractivity contribution is 0.302. The molecule has 0 aliphatic rings. The lowest BCUT2D eigenvalue weighted by Crippen LogP contribution is -2.13. The second kappa shape index (κ2) is 9.04. The van der Waals surface area contributed by atoms with Gasteiger partial charge in [-0.1, -0.05) is 70.0 Å². The molecule has 0 saturated carbocycles. The maximum Gasteiger partial charge on any atom is 0.124 e. The van der Waals surface area contributed by atoms with Gasteiger partial charge >= 0.3 is 0 Å². The van der Waals surface area contributed by atoms with E-state index in [4.69, 9.17) is 16.3 Å². The molecule has 25 heavy (non-hydrogen) atoms. The molecule has 0 atom stereocenters. The van der Waals surface area contributed by atoms with Gasteiger partial charge in [0, 0.05) is 28.1 Å². The van der Waals surface area contributed by atoms with Crippen LogP contribution in [0.1, 0.15) is 16.7 Å². The Bertz CT molecular complexity index is 806. The molecule has 0 saturated heterocycles. The zero-order valence-corrected chi connectivity index (χ0v) is 16.1. The summed E-state index contributed by atoms with van der Waals surface area (Å²) in [6.07, 6.45) is 0. The van der Waals surface area contributed by atoms with Crippen LogP contribution in [0.4, 0.5) is 0 Å². The van der Waals surface area contributed by atoms with Crippen molar-refractivity contribution in [3.8, 4) is 5.75 Å². The van der Waals surface area contributed by atoms with Gasteiger partial charge in [-0.3, -0.25) is 0 Å². The highest BCUT2D eigenvalue weighted by atomic mass is 79.9. The van der Waals surface area contributed by atoms with Gasteiger partial charge in [-0.2, -0.15) is 0 Å². The van der Waals surface area contributed by atoms with Gasteiger partial charge < -0.3 is 10.1 Å². The molecule has 4 heteroatoms. The summed E-state index contributed by atoms with van der Waals surface area (Å²) in [7, 11) is 0. The van der Waals surface area contributed by atoms with E-state index < -0.39 is 0 Å². The monoisotopic (exact) mass is 415 g/mol. The van der Waals surface area contributed by atoms with Crippen LogP contribution in [-0.2, 0) is 19.7 Å². The van der Waals surface area contributed by atoms with Crippen LogP contribution in [0.3, 0.4) is 0 Å². The molecule has 0 amide bonds. The van der Waals surface area contributed by atoms with Gasteiger partial charge in [0.05, 0.1) is 0 Å². The first-order valence-corrected chi connectivity index (χ1v) is 9.28. The molecule has 128 valence electrons. The first-order valence-electron chi connectivity index (χ1n) is 8.11. The minimum atomic E-state index is 0.518. The van der Waals surface area contributed by atoms with Crippen LogP contribution in [0, 0.1) is 0 Å². The number of hydrogen-bond acceptors (Lipinski definition) is 2. The van der Waals surface area contributed by atoms with E-state index in [0.717, 1.165) is 39.5 Å². The molecule has 0 heterocycles. The van der Waals surface area contributed by atoms with E-state index in [1.807, 2.05) is 42.5 Å². The lowest BCUT2D eigenvalue weighted by Gasteiger charge is -2.13. The number of ether oxygens (including phenoxy) is 1. The molecule has 0 fully saturated rings. The zero-order chi connectivity index (χ0) is 17.5. The van der Waals surface area contributed by atoms with E-state index in [1.54, 1.807) is 0 Å². The molecule has 0 spiro atoms. The minimum Gasteiger partial charge on any atom is -0.489 e. The Morgan fingerprint density at radius 1 is 0.840 bits per heavy atom. The van der Waals surface area contributed by atoms with Crippen molar-refractivity contribution in [2.24, 2.45) is 0 Å². The number of nitrogens with one attached hydrogen (secondary N) is 1. The van der Waals surface area contributed by atoms with Crippen molar-refractivity contribution in [2.75, 3.05) is 0 Å². The van der Waals surface area contributed by atoms with Crippen LogP contribution in [0.2, 0.25) is 5.02 Å². The first kappa shape index (κ1) is 18.0. The molecule has 3 aromatic carbocycles. The predicted octanol–water partition coefficient (Wildman–Crippen LogP) is 5.97. The number of halogens is 2. The van der Waals surface area contributed by atoms with E-state index in [9.17, 15) is 0 Å². The molecule has 3 aromatic rings. The Balaban J connectivity index is 1.62. The smallest absolute Gasteiger partial charge is 0.124 e. The van der Waals surface area contributed by atoms with Crippen LogP contribution in [0.5, 0.6) is 5.75 Å². The van der Waals surface area contributed by atoms with Crippen molar-refractivity contribution in [3.63, 3.8) is 0 Å². The molecule has 0 bridgehead atoms. The molecular weight excluding hydrogens is 398 g/mol. The summed E-state index contributed by atoms with van der Waals surface area (Å²) in [6, 6.07) is 24.2. The third kappa shape index (κ3) is 5.60. The summed E-state index contributed by atoms with van der Waals surface area (Å²) in [5.41, 5.74) is 3.48. The van der Waals surface area contributed by atoms with Gasteiger partial charge in [0.25, 0.3) is 0 Å². The fourth-order valence-corrected chi connectivity index (χ4v) is 3.04. The summed E-state index contributed by atoms with van der Waals surface area (Å²) >= 11 is 9.46. The van der Waals surface area contributed by atoms with E-state index in [1.165, 1.54) is 5.56 Å². The van der Waals surface area contributed by atoms with Crippen LogP contribution in [0.15, 0.2) is 77.3 Å². The van der Waals surface area contributed by atoms with Crippen molar-refractivity contribution < 1.29 is 4.74 Å². The molecule has 3 rings (SSSR count). The fraction of sp³-hybridized carbons (Fsp3) is 0.143. The van der Waals surface area contributed by atoms with Crippen LogP contribution in [0.25, 0.3) is 0 Å². The molecule has 0 unspecified atom stereocenters. The van der Waals surface area contributed by atoms with Crippen molar-refractivity contribution >= 4 is 27.5 Å². The zero-order valence-electron chi connectivity index (χ0n) is 13.7. The normalized spacial score (nSPS) is 10.6. The van der Waals surface area contributed by atoms with E-state index in [2.05, 4.69) is 51.6 Å². The Morgan fingerprint density at radius 3 is 2.36 bits per heavy atom. The topological polar surface area (TPSA) is 21.3 Å². The maximum atomic E-state index is 6.02. The second-order valence-corrected chi connectivity index (χ2v) is 7.11. The largest absolute Gasteiger partial charge is 0.489 e. The summed E-state index contributed by atoms with van der Waals surface area (Å²) in [6.45, 7) is 2.08. The average Bonchev–Trinajstić information content (AvgIpc) is 2.63. The van der Waals surface area contributed by atoms with Crippen molar-refractivity contribution in [3.05, 3.63) is 99.0 Å². The quantitative estimate of drug-likeness (QED) is 0.512. The Morgan fingerprint density at radius 2 is 1.60 bits per heavy atom. The summed E-state index contributed by atoms with van der Waals surface area (Å²) in [4.78, 5) is 0. The Labute approximate surface area is 161 Å². The molecule has 0 aromatic heterocycles. The van der Waals surface area contributed by atoms with E-state index in [0.29, 0.717) is 6.61 Å². The van der Waals surface area contributed by atoms with Gasteiger partial charge in [0.1, 0.15) is 12.4 Å². The molecule has 0 aliphatic heterocycles. The van der Waals surface area contributed by atoms with Crippen molar-refractivity contribution in [1.82, 2.24) is 5.32 Å². The van der Waals surface area contributed by atoms with Gasteiger partial charge in [-0.25, -0.2) is 0 Å². The molecular formula is C21H19BrClNO. The number of hydrogen-bond donors (Lipinski definition) is 1. The average molecular weight is 417 g/mol. The lowest BCUT2D eigenvalue weighted by atomic mass is 10.2. The van der Waals surface area contributed by atoms with Crippen LogP contribution in [-0.4, -0.2) is 0 Å². The van der Waals surface area contributed by atoms with Gasteiger partial charge in [0.2, 0.25) is 0 Å². The highest BCUT2D eigenvalue weighted by molar-refractivity contribution is 9.10. The SMILES string of the molecule is Clc1ccc(COc2ccc(Br)cc2CNCc2ccccc2)cc1. The highest BCUT2D eigenvalue weighted by Gasteiger charge is 2.06. The van der Waals surface area contributed by atoms with Gasteiger partial charge in [0.15, 0.2) is 0 Å². The molecule has 2 nitrogen and oxygen atoms in total. The van der Waals surface area contributed by atoms with Gasteiger partial charge in [-0.15, -0.1) is 0 Å². The molecule has 1 N–H and O–H groups in total. The predicted molar refractivity (Wildman–Crippen MR) is 107 cm³/mol. The number of rotatable bonds is 7. The Kier molecular flexibility index (Phi) is 6.51. The van der Waals surface area contributed by atoms with Crippen LogP contribution >= 0.6 is 27.5 Å². The van der Waals surface area contributed by atoms with E-state index >= 15 is 0 Å². The summed E-state index contributed by atoms with van der Waals surface area (Å²) in [5.74, 6) is 0.888. The second-order valence-electron chi connectivity index (χ2n) is 5.76. The van der Waals surface area contributed by atoms with Crippen molar-refractivity contribution in [1.29, 1.82) is 0 Å². The summed E-state index contributed by atoms with van der Waals surface area (Å²) in [5, 5.41) is 4.21. The molecule has 0 radical (unpaired) electrons. The molecule has 0 aliphatic carbocycles. The van der Waals surface area contributed by atoms with E-state index in [-0.39, 0.29) is 0 Å². The minimum absolute atomic E-state index is 0.518. The highest BCUT2D eigenvalue weighted by Crippen LogP contribution is 2.24.